The monoisotopic (exact) mass is 294 g/mol. The number of hydrogen-bond acceptors (Lipinski definition) is 3. The van der Waals surface area contributed by atoms with Crippen molar-refractivity contribution in [2.75, 3.05) is 14.2 Å². The van der Waals surface area contributed by atoms with Crippen LogP contribution in [0.1, 0.15) is 33.0 Å². The summed E-state index contributed by atoms with van der Waals surface area (Å²) in [5, 5.41) is 0. The Morgan fingerprint density at radius 3 is 2.32 bits per heavy atom. The van der Waals surface area contributed by atoms with Crippen molar-refractivity contribution in [3.63, 3.8) is 0 Å². The van der Waals surface area contributed by atoms with E-state index < -0.39 is 0 Å². The van der Waals surface area contributed by atoms with E-state index in [4.69, 9.17) is 9.47 Å². The first-order chi connectivity index (χ1) is 10.7. The van der Waals surface area contributed by atoms with Gasteiger partial charge in [-0.05, 0) is 59.7 Å². The molecule has 2 aliphatic rings. The first-order valence-corrected chi connectivity index (χ1v) is 7.59. The third-order valence-corrected chi connectivity index (χ3v) is 5.03. The van der Waals surface area contributed by atoms with Crippen molar-refractivity contribution < 1.29 is 14.3 Å². The van der Waals surface area contributed by atoms with E-state index in [1.165, 1.54) is 11.1 Å². The van der Waals surface area contributed by atoms with Crippen LogP contribution in [-0.2, 0) is 12.8 Å². The number of Topliss-reactive ketones (excluding diaryl/α,β-unsaturated/α-hetero) is 1. The van der Waals surface area contributed by atoms with Gasteiger partial charge in [0.25, 0.3) is 0 Å². The number of carbonyl (C=O) groups excluding carboxylic acids is 1. The summed E-state index contributed by atoms with van der Waals surface area (Å²) in [7, 11) is 3.31. The van der Waals surface area contributed by atoms with E-state index in [0.29, 0.717) is 5.92 Å². The van der Waals surface area contributed by atoms with Crippen molar-refractivity contribution in [3.05, 3.63) is 58.7 Å². The minimum atomic E-state index is 0.0571. The summed E-state index contributed by atoms with van der Waals surface area (Å²) in [5.41, 5.74) is 4.53. The molecule has 22 heavy (non-hydrogen) atoms. The van der Waals surface area contributed by atoms with Crippen LogP contribution < -0.4 is 9.47 Å². The molecule has 2 atom stereocenters. The number of fused-ring (bicyclic) bond motifs is 4. The van der Waals surface area contributed by atoms with Crippen LogP contribution in [0.15, 0.2) is 36.4 Å². The fourth-order valence-corrected chi connectivity index (χ4v) is 3.90. The molecule has 0 radical (unpaired) electrons. The van der Waals surface area contributed by atoms with Gasteiger partial charge in [0.1, 0.15) is 11.5 Å². The lowest BCUT2D eigenvalue weighted by Gasteiger charge is -2.27. The summed E-state index contributed by atoms with van der Waals surface area (Å²) in [6, 6.07) is 12.1. The van der Waals surface area contributed by atoms with E-state index in [1.807, 2.05) is 24.3 Å². The normalized spacial score (nSPS) is 21.8. The zero-order chi connectivity index (χ0) is 15.3. The van der Waals surface area contributed by atoms with Crippen molar-refractivity contribution >= 4 is 5.78 Å². The highest BCUT2D eigenvalue weighted by Gasteiger charge is 2.41. The Kier molecular flexibility index (Phi) is 2.96. The lowest BCUT2D eigenvalue weighted by Crippen LogP contribution is -2.27. The fourth-order valence-electron chi connectivity index (χ4n) is 3.90. The van der Waals surface area contributed by atoms with E-state index in [1.54, 1.807) is 14.2 Å². The molecule has 0 heterocycles. The molecule has 0 N–H and O–H groups in total. The van der Waals surface area contributed by atoms with Gasteiger partial charge in [0.05, 0.1) is 14.2 Å². The Balaban J connectivity index is 1.76. The summed E-state index contributed by atoms with van der Waals surface area (Å²) in [4.78, 5) is 12.9. The Labute approximate surface area is 129 Å². The van der Waals surface area contributed by atoms with Crippen LogP contribution in [0.25, 0.3) is 0 Å². The van der Waals surface area contributed by atoms with E-state index in [0.717, 1.165) is 35.5 Å². The third kappa shape index (κ3) is 1.85. The number of methoxy groups -OCH3 is 2. The van der Waals surface area contributed by atoms with Crippen LogP contribution >= 0.6 is 0 Å². The first-order valence-electron chi connectivity index (χ1n) is 7.59. The predicted molar refractivity (Wildman–Crippen MR) is 84.0 cm³/mol. The van der Waals surface area contributed by atoms with Crippen LogP contribution in [0.2, 0.25) is 0 Å². The second kappa shape index (κ2) is 4.87. The molecule has 0 bridgehead atoms. The molecule has 0 fully saturated rings. The Morgan fingerprint density at radius 2 is 1.55 bits per heavy atom. The lowest BCUT2D eigenvalue weighted by atomic mass is 9.75. The Morgan fingerprint density at radius 1 is 0.864 bits per heavy atom. The van der Waals surface area contributed by atoms with Gasteiger partial charge in [-0.2, -0.15) is 0 Å². The number of ether oxygens (including phenoxy) is 2. The van der Waals surface area contributed by atoms with Crippen molar-refractivity contribution in [1.82, 2.24) is 0 Å². The summed E-state index contributed by atoms with van der Waals surface area (Å²) < 4.78 is 10.6. The summed E-state index contributed by atoms with van der Waals surface area (Å²) in [6.07, 6.45) is 1.74. The van der Waals surface area contributed by atoms with Gasteiger partial charge < -0.3 is 9.47 Å². The minimum absolute atomic E-state index is 0.0571. The van der Waals surface area contributed by atoms with Crippen molar-refractivity contribution in [2.24, 2.45) is 5.92 Å². The van der Waals surface area contributed by atoms with E-state index in [-0.39, 0.29) is 11.7 Å². The average Bonchev–Trinajstić information content (AvgIpc) is 2.92. The molecule has 0 amide bonds. The van der Waals surface area contributed by atoms with Gasteiger partial charge in [0.2, 0.25) is 0 Å². The zero-order valence-corrected chi connectivity index (χ0v) is 12.8. The number of benzene rings is 2. The smallest absolute Gasteiger partial charge is 0.167 e. The molecule has 0 aromatic heterocycles. The molecule has 2 aliphatic carbocycles. The van der Waals surface area contributed by atoms with Gasteiger partial charge in [-0.15, -0.1) is 0 Å². The highest BCUT2D eigenvalue weighted by atomic mass is 16.5. The van der Waals surface area contributed by atoms with Gasteiger partial charge in [0, 0.05) is 11.5 Å². The SMILES string of the molecule is COc1ccc2c(c1)C[C@H]1C(=O)c3cc(OC)ccc3C[C@@H]21. The number of carbonyl (C=O) groups is 1. The van der Waals surface area contributed by atoms with E-state index in [9.17, 15) is 4.79 Å². The topological polar surface area (TPSA) is 35.5 Å². The molecule has 112 valence electrons. The molecule has 0 unspecified atom stereocenters. The van der Waals surface area contributed by atoms with Crippen molar-refractivity contribution in [2.45, 2.75) is 18.8 Å². The van der Waals surface area contributed by atoms with Crippen LogP contribution in [0, 0.1) is 5.92 Å². The fraction of sp³-hybridized carbons (Fsp3) is 0.316. The van der Waals surface area contributed by atoms with Gasteiger partial charge in [-0.3, -0.25) is 4.79 Å². The molecule has 3 heteroatoms. The molecular formula is C19H18O3. The van der Waals surface area contributed by atoms with Gasteiger partial charge >= 0.3 is 0 Å². The van der Waals surface area contributed by atoms with Crippen LogP contribution in [0.3, 0.4) is 0 Å². The quantitative estimate of drug-likeness (QED) is 0.851. The maximum Gasteiger partial charge on any atom is 0.167 e. The molecule has 0 saturated heterocycles. The second-order valence-corrected chi connectivity index (χ2v) is 6.07. The van der Waals surface area contributed by atoms with Crippen molar-refractivity contribution in [3.8, 4) is 11.5 Å². The molecule has 2 aromatic carbocycles. The standard InChI is InChI=1S/C19H18O3/c1-21-13-5-6-15-12(7-13)9-18-17(15)8-11-3-4-14(22-2)10-16(11)19(18)20/h3-7,10,17-18H,8-9H2,1-2H3/t17-,18+/m0/s1. The third-order valence-electron chi connectivity index (χ3n) is 5.03. The molecule has 0 aliphatic heterocycles. The molecule has 0 spiro atoms. The predicted octanol–water partition coefficient (Wildman–Crippen LogP) is 3.40. The lowest BCUT2D eigenvalue weighted by molar-refractivity contribution is 0.0894. The van der Waals surface area contributed by atoms with Gasteiger partial charge in [-0.1, -0.05) is 12.1 Å². The highest BCUT2D eigenvalue weighted by Crippen LogP contribution is 2.46. The largest absolute Gasteiger partial charge is 0.497 e. The maximum atomic E-state index is 12.9. The van der Waals surface area contributed by atoms with E-state index >= 15 is 0 Å². The summed E-state index contributed by atoms with van der Waals surface area (Å²) in [6.45, 7) is 0. The first kappa shape index (κ1) is 13.4. The van der Waals surface area contributed by atoms with Crippen molar-refractivity contribution in [1.29, 1.82) is 0 Å². The zero-order valence-electron chi connectivity index (χ0n) is 12.8. The summed E-state index contributed by atoms with van der Waals surface area (Å²) >= 11 is 0. The molecular weight excluding hydrogens is 276 g/mol. The Hall–Kier alpha value is -2.29. The van der Waals surface area contributed by atoms with E-state index in [2.05, 4.69) is 12.1 Å². The Bertz CT molecular complexity index is 763. The maximum absolute atomic E-state index is 12.9. The minimum Gasteiger partial charge on any atom is -0.497 e. The molecule has 2 aromatic rings. The van der Waals surface area contributed by atoms with Gasteiger partial charge in [0.15, 0.2) is 5.78 Å². The van der Waals surface area contributed by atoms with Crippen LogP contribution in [0.4, 0.5) is 0 Å². The molecule has 0 saturated carbocycles. The highest BCUT2D eigenvalue weighted by molar-refractivity contribution is 6.02. The second-order valence-electron chi connectivity index (χ2n) is 6.07. The van der Waals surface area contributed by atoms with Gasteiger partial charge in [-0.25, -0.2) is 0 Å². The molecule has 3 nitrogen and oxygen atoms in total. The summed E-state index contributed by atoms with van der Waals surface area (Å²) in [5.74, 6) is 2.23. The van der Waals surface area contributed by atoms with Crippen LogP contribution in [0.5, 0.6) is 11.5 Å². The number of hydrogen-bond donors (Lipinski definition) is 0. The number of rotatable bonds is 2. The average molecular weight is 294 g/mol. The van der Waals surface area contributed by atoms with Crippen LogP contribution in [-0.4, -0.2) is 20.0 Å². The molecule has 4 rings (SSSR count). The number of ketones is 1.